The van der Waals surface area contributed by atoms with Gasteiger partial charge in [-0.05, 0) is 24.5 Å². The summed E-state index contributed by atoms with van der Waals surface area (Å²) in [6, 6.07) is 7.32. The SMILES string of the molecule is CCC(O)(CC)CNC(=O)c1ccccc1COC. The van der Waals surface area contributed by atoms with Gasteiger partial charge in [-0.2, -0.15) is 0 Å². The molecule has 0 aliphatic heterocycles. The molecule has 2 N–H and O–H groups in total. The maximum absolute atomic E-state index is 12.1. The van der Waals surface area contributed by atoms with Gasteiger partial charge in [-0.1, -0.05) is 32.0 Å². The molecule has 0 unspecified atom stereocenters. The van der Waals surface area contributed by atoms with Crippen molar-refractivity contribution in [3.63, 3.8) is 0 Å². The zero-order valence-corrected chi connectivity index (χ0v) is 11.9. The first-order chi connectivity index (χ1) is 9.06. The van der Waals surface area contributed by atoms with Crippen LogP contribution in [0.25, 0.3) is 0 Å². The minimum Gasteiger partial charge on any atom is -0.388 e. The van der Waals surface area contributed by atoms with Crippen molar-refractivity contribution in [3.05, 3.63) is 35.4 Å². The van der Waals surface area contributed by atoms with Crippen molar-refractivity contribution in [3.8, 4) is 0 Å². The minimum atomic E-state index is -0.828. The molecule has 0 spiro atoms. The Bertz CT molecular complexity index is 414. The molecule has 106 valence electrons. The van der Waals surface area contributed by atoms with Gasteiger partial charge in [0.1, 0.15) is 0 Å². The summed E-state index contributed by atoms with van der Waals surface area (Å²) in [5.41, 5.74) is 0.615. The zero-order valence-electron chi connectivity index (χ0n) is 11.9. The molecule has 1 aromatic carbocycles. The van der Waals surface area contributed by atoms with E-state index in [0.29, 0.717) is 25.0 Å². The quantitative estimate of drug-likeness (QED) is 0.794. The van der Waals surface area contributed by atoms with Crippen molar-refractivity contribution < 1.29 is 14.6 Å². The van der Waals surface area contributed by atoms with Crippen molar-refractivity contribution in [1.82, 2.24) is 5.32 Å². The molecule has 0 aliphatic rings. The van der Waals surface area contributed by atoms with E-state index in [9.17, 15) is 9.90 Å². The molecule has 1 rings (SSSR count). The molecule has 0 saturated carbocycles. The Kier molecular flexibility index (Phi) is 5.99. The molecule has 0 bridgehead atoms. The number of hydrogen-bond acceptors (Lipinski definition) is 3. The van der Waals surface area contributed by atoms with Crippen LogP contribution in [0.5, 0.6) is 0 Å². The summed E-state index contributed by atoms with van der Waals surface area (Å²) in [4.78, 5) is 12.1. The normalized spacial score (nSPS) is 11.4. The number of amides is 1. The van der Waals surface area contributed by atoms with E-state index in [1.54, 1.807) is 13.2 Å². The Morgan fingerprint density at radius 1 is 1.32 bits per heavy atom. The fourth-order valence-corrected chi connectivity index (χ4v) is 1.86. The molecule has 4 nitrogen and oxygen atoms in total. The molecule has 0 atom stereocenters. The topological polar surface area (TPSA) is 58.6 Å². The first-order valence-corrected chi connectivity index (χ1v) is 6.63. The standard InChI is InChI=1S/C15H23NO3/c1-4-15(18,5-2)11-16-14(17)13-9-7-6-8-12(13)10-19-3/h6-9,18H,4-5,10-11H2,1-3H3,(H,16,17). The van der Waals surface area contributed by atoms with Crippen molar-refractivity contribution in [2.24, 2.45) is 0 Å². The molecule has 4 heteroatoms. The average molecular weight is 265 g/mol. The third kappa shape index (κ3) is 4.33. The number of hydrogen-bond donors (Lipinski definition) is 2. The fraction of sp³-hybridized carbons (Fsp3) is 0.533. The van der Waals surface area contributed by atoms with Crippen molar-refractivity contribution in [2.45, 2.75) is 38.9 Å². The van der Waals surface area contributed by atoms with E-state index >= 15 is 0 Å². The number of carbonyl (C=O) groups is 1. The van der Waals surface area contributed by atoms with Gasteiger partial charge in [-0.3, -0.25) is 4.79 Å². The molecule has 0 aliphatic carbocycles. The van der Waals surface area contributed by atoms with Gasteiger partial charge in [-0.25, -0.2) is 0 Å². The first kappa shape index (κ1) is 15.7. The highest BCUT2D eigenvalue weighted by Crippen LogP contribution is 2.14. The number of methoxy groups -OCH3 is 1. The number of aliphatic hydroxyl groups is 1. The van der Waals surface area contributed by atoms with Gasteiger partial charge in [0.25, 0.3) is 5.91 Å². The van der Waals surface area contributed by atoms with Crippen LogP contribution < -0.4 is 5.32 Å². The highest BCUT2D eigenvalue weighted by Gasteiger charge is 2.23. The molecule has 1 aromatic rings. The van der Waals surface area contributed by atoms with E-state index in [1.807, 2.05) is 32.0 Å². The van der Waals surface area contributed by atoms with Gasteiger partial charge >= 0.3 is 0 Å². The molecular weight excluding hydrogens is 242 g/mol. The van der Waals surface area contributed by atoms with Gasteiger partial charge in [0.15, 0.2) is 0 Å². The third-order valence-electron chi connectivity index (χ3n) is 3.46. The molecule has 0 fully saturated rings. The average Bonchev–Trinajstić information content (AvgIpc) is 2.45. The lowest BCUT2D eigenvalue weighted by Crippen LogP contribution is -2.42. The van der Waals surface area contributed by atoms with Gasteiger partial charge in [0.2, 0.25) is 0 Å². The zero-order chi connectivity index (χ0) is 14.3. The summed E-state index contributed by atoms with van der Waals surface area (Å²) >= 11 is 0. The van der Waals surface area contributed by atoms with Crippen LogP contribution in [0.2, 0.25) is 0 Å². The van der Waals surface area contributed by atoms with Crippen LogP contribution in [0, 0.1) is 0 Å². The number of ether oxygens (including phenoxy) is 1. The molecular formula is C15H23NO3. The van der Waals surface area contributed by atoms with Crippen molar-refractivity contribution in [2.75, 3.05) is 13.7 Å². The van der Waals surface area contributed by atoms with Gasteiger partial charge < -0.3 is 15.2 Å². The van der Waals surface area contributed by atoms with Crippen LogP contribution in [0.1, 0.15) is 42.6 Å². The Morgan fingerprint density at radius 2 is 1.95 bits per heavy atom. The monoisotopic (exact) mass is 265 g/mol. The maximum atomic E-state index is 12.1. The Morgan fingerprint density at radius 3 is 2.53 bits per heavy atom. The molecule has 0 aromatic heterocycles. The summed E-state index contributed by atoms with van der Waals surface area (Å²) in [5, 5.41) is 13.0. The van der Waals surface area contributed by atoms with Crippen LogP contribution in [-0.4, -0.2) is 30.3 Å². The molecule has 0 heterocycles. The summed E-state index contributed by atoms with van der Waals surface area (Å²) < 4.78 is 5.08. The van der Waals surface area contributed by atoms with Gasteiger partial charge in [-0.15, -0.1) is 0 Å². The van der Waals surface area contributed by atoms with Crippen LogP contribution in [0.15, 0.2) is 24.3 Å². The largest absolute Gasteiger partial charge is 0.388 e. The Labute approximate surface area is 114 Å². The predicted octanol–water partition coefficient (Wildman–Crippen LogP) is 2.11. The molecule has 1 amide bonds. The van der Waals surface area contributed by atoms with Crippen LogP contribution in [0.3, 0.4) is 0 Å². The van der Waals surface area contributed by atoms with E-state index in [2.05, 4.69) is 5.32 Å². The summed E-state index contributed by atoms with van der Waals surface area (Å²) in [6.07, 6.45) is 1.23. The van der Waals surface area contributed by atoms with Crippen LogP contribution in [0.4, 0.5) is 0 Å². The smallest absolute Gasteiger partial charge is 0.251 e. The number of carbonyl (C=O) groups excluding carboxylic acids is 1. The molecule has 0 saturated heterocycles. The maximum Gasteiger partial charge on any atom is 0.251 e. The lowest BCUT2D eigenvalue weighted by atomic mass is 9.97. The van der Waals surface area contributed by atoms with E-state index < -0.39 is 5.60 Å². The minimum absolute atomic E-state index is 0.173. The van der Waals surface area contributed by atoms with Gasteiger partial charge in [0, 0.05) is 19.2 Å². The van der Waals surface area contributed by atoms with E-state index in [1.165, 1.54) is 0 Å². The first-order valence-electron chi connectivity index (χ1n) is 6.63. The van der Waals surface area contributed by atoms with Crippen LogP contribution in [-0.2, 0) is 11.3 Å². The Balaban J connectivity index is 2.73. The van der Waals surface area contributed by atoms with E-state index in [4.69, 9.17) is 4.74 Å². The van der Waals surface area contributed by atoms with E-state index in [-0.39, 0.29) is 12.5 Å². The van der Waals surface area contributed by atoms with Gasteiger partial charge in [0.05, 0.1) is 12.2 Å². The highest BCUT2D eigenvalue weighted by atomic mass is 16.5. The number of nitrogens with one attached hydrogen (secondary N) is 1. The lowest BCUT2D eigenvalue weighted by molar-refractivity contribution is 0.0313. The number of benzene rings is 1. The van der Waals surface area contributed by atoms with Crippen LogP contribution >= 0.6 is 0 Å². The highest BCUT2D eigenvalue weighted by molar-refractivity contribution is 5.95. The second-order valence-corrected chi connectivity index (χ2v) is 4.70. The second-order valence-electron chi connectivity index (χ2n) is 4.70. The fourth-order valence-electron chi connectivity index (χ4n) is 1.86. The van der Waals surface area contributed by atoms with Crippen molar-refractivity contribution in [1.29, 1.82) is 0 Å². The number of rotatable bonds is 7. The Hall–Kier alpha value is -1.39. The third-order valence-corrected chi connectivity index (χ3v) is 3.46. The summed E-state index contributed by atoms with van der Waals surface area (Å²) in [5.74, 6) is -0.173. The second kappa shape index (κ2) is 7.26. The lowest BCUT2D eigenvalue weighted by Gasteiger charge is -2.25. The van der Waals surface area contributed by atoms with Crippen molar-refractivity contribution >= 4 is 5.91 Å². The summed E-state index contributed by atoms with van der Waals surface area (Å²) in [6.45, 7) is 4.48. The molecule has 0 radical (unpaired) electrons. The molecule has 19 heavy (non-hydrogen) atoms. The summed E-state index contributed by atoms with van der Waals surface area (Å²) in [7, 11) is 1.60. The van der Waals surface area contributed by atoms with E-state index in [0.717, 1.165) is 5.56 Å². The predicted molar refractivity (Wildman–Crippen MR) is 75.0 cm³/mol.